The Labute approximate surface area is 172 Å². The van der Waals surface area contributed by atoms with Gasteiger partial charge in [0.2, 0.25) is 0 Å². The predicted octanol–water partition coefficient (Wildman–Crippen LogP) is 4.42. The number of imidazole rings is 1. The quantitative estimate of drug-likeness (QED) is 0.664. The molecular weight excluding hydrogens is 360 g/mol. The summed E-state index contributed by atoms with van der Waals surface area (Å²) in [4.78, 5) is 21.7. The molecule has 0 atom stereocenters. The molecule has 1 aromatic heterocycles. The van der Waals surface area contributed by atoms with Gasteiger partial charge in [-0.15, -0.1) is 0 Å². The van der Waals surface area contributed by atoms with Gasteiger partial charge in [-0.1, -0.05) is 60.2 Å². The van der Waals surface area contributed by atoms with Crippen molar-refractivity contribution in [1.29, 1.82) is 0 Å². The van der Waals surface area contributed by atoms with Gasteiger partial charge in [0.15, 0.2) is 0 Å². The molecule has 0 unspecified atom stereocenters. The highest BCUT2D eigenvalue weighted by atomic mass is 16.2. The minimum absolute atomic E-state index is 0.0163. The van der Waals surface area contributed by atoms with Gasteiger partial charge in [0.25, 0.3) is 0 Å². The third-order valence-corrected chi connectivity index (χ3v) is 5.81. The lowest BCUT2D eigenvalue weighted by Crippen LogP contribution is -2.46. The van der Waals surface area contributed by atoms with Crippen molar-refractivity contribution in [2.75, 3.05) is 20.1 Å². The Morgan fingerprint density at radius 1 is 1.07 bits per heavy atom. The Morgan fingerprint density at radius 3 is 2.45 bits per heavy atom. The van der Waals surface area contributed by atoms with Gasteiger partial charge in [-0.05, 0) is 25.3 Å². The molecule has 29 heavy (non-hydrogen) atoms. The fourth-order valence-electron chi connectivity index (χ4n) is 3.95. The largest absolute Gasteiger partial charge is 0.329 e. The molecule has 1 amide bonds. The molecule has 150 valence electrons. The average molecular weight is 389 g/mol. The normalized spacial score (nSPS) is 15.4. The minimum Gasteiger partial charge on any atom is -0.324 e. The van der Waals surface area contributed by atoms with Crippen LogP contribution in [0.4, 0.5) is 4.79 Å². The molecule has 1 aliphatic rings. The summed E-state index contributed by atoms with van der Waals surface area (Å²) in [6.07, 6.45) is 5.44. The van der Waals surface area contributed by atoms with Crippen LogP contribution in [0.1, 0.15) is 24.0 Å². The molecule has 0 N–H and O–H groups in total. The van der Waals surface area contributed by atoms with E-state index in [1.54, 1.807) is 10.9 Å². The molecule has 0 saturated carbocycles. The standard InChI is InChI=1S/C24H28N4O/c1-19-8-10-21(11-9-19)23-17-28(18-25-23)24(29)26(2)22-12-14-27(15-13-22)16-20-6-4-3-5-7-20/h3-11,17-18,22H,12-16H2,1-2H3. The van der Waals surface area contributed by atoms with E-state index in [-0.39, 0.29) is 12.1 Å². The van der Waals surface area contributed by atoms with Crippen LogP contribution in [-0.4, -0.2) is 51.6 Å². The van der Waals surface area contributed by atoms with Crippen molar-refractivity contribution in [1.82, 2.24) is 19.4 Å². The number of carbonyl (C=O) groups excluding carboxylic acids is 1. The summed E-state index contributed by atoms with van der Waals surface area (Å²) in [6, 6.07) is 19.0. The minimum atomic E-state index is -0.0163. The van der Waals surface area contributed by atoms with Crippen LogP contribution in [0.5, 0.6) is 0 Å². The van der Waals surface area contributed by atoms with E-state index in [1.165, 1.54) is 11.1 Å². The maximum Gasteiger partial charge on any atom is 0.329 e. The van der Waals surface area contributed by atoms with Crippen molar-refractivity contribution in [3.8, 4) is 11.3 Å². The second-order valence-electron chi connectivity index (χ2n) is 7.92. The number of rotatable bonds is 4. The van der Waals surface area contributed by atoms with E-state index >= 15 is 0 Å². The number of carbonyl (C=O) groups is 1. The van der Waals surface area contributed by atoms with Crippen LogP contribution in [0.15, 0.2) is 67.1 Å². The molecule has 0 aliphatic carbocycles. The van der Waals surface area contributed by atoms with Gasteiger partial charge in [0, 0.05) is 44.5 Å². The zero-order valence-electron chi connectivity index (χ0n) is 17.2. The third kappa shape index (κ3) is 4.57. The molecule has 2 heterocycles. The molecule has 1 saturated heterocycles. The number of nitrogens with zero attached hydrogens (tertiary/aromatic N) is 4. The van der Waals surface area contributed by atoms with Crippen molar-refractivity contribution >= 4 is 6.03 Å². The summed E-state index contributed by atoms with van der Waals surface area (Å²) >= 11 is 0. The molecule has 1 aliphatic heterocycles. The molecule has 0 bridgehead atoms. The van der Waals surface area contributed by atoms with Gasteiger partial charge < -0.3 is 4.90 Å². The van der Waals surface area contributed by atoms with E-state index in [0.29, 0.717) is 0 Å². The Bertz CT molecular complexity index is 941. The first kappa shape index (κ1) is 19.4. The highest BCUT2D eigenvalue weighted by Crippen LogP contribution is 2.20. The van der Waals surface area contributed by atoms with Gasteiger partial charge in [-0.3, -0.25) is 9.47 Å². The number of hydrogen-bond acceptors (Lipinski definition) is 3. The number of hydrogen-bond donors (Lipinski definition) is 0. The summed E-state index contributed by atoms with van der Waals surface area (Å²) in [5, 5.41) is 0. The lowest BCUT2D eigenvalue weighted by molar-refractivity contribution is 0.132. The Kier molecular flexibility index (Phi) is 5.76. The van der Waals surface area contributed by atoms with Gasteiger partial charge in [-0.2, -0.15) is 0 Å². The second kappa shape index (κ2) is 8.62. The topological polar surface area (TPSA) is 41.4 Å². The molecule has 5 heteroatoms. The average Bonchev–Trinajstić information content (AvgIpc) is 3.25. The van der Waals surface area contributed by atoms with Gasteiger partial charge in [-0.25, -0.2) is 9.78 Å². The highest BCUT2D eigenvalue weighted by molar-refractivity contribution is 5.78. The second-order valence-corrected chi connectivity index (χ2v) is 7.92. The summed E-state index contributed by atoms with van der Waals surface area (Å²) in [7, 11) is 1.91. The summed E-state index contributed by atoms with van der Waals surface area (Å²) < 4.78 is 1.60. The smallest absolute Gasteiger partial charge is 0.324 e. The fourth-order valence-corrected chi connectivity index (χ4v) is 3.95. The van der Waals surface area contributed by atoms with Crippen molar-refractivity contribution < 1.29 is 4.79 Å². The molecule has 0 spiro atoms. The van der Waals surface area contributed by atoms with E-state index in [9.17, 15) is 4.79 Å². The molecule has 5 nitrogen and oxygen atoms in total. The molecule has 0 radical (unpaired) electrons. The van der Waals surface area contributed by atoms with Gasteiger partial charge in [0.05, 0.1) is 5.69 Å². The van der Waals surface area contributed by atoms with Crippen molar-refractivity contribution in [2.24, 2.45) is 0 Å². The lowest BCUT2D eigenvalue weighted by atomic mass is 10.0. The van der Waals surface area contributed by atoms with Crippen molar-refractivity contribution in [3.05, 3.63) is 78.2 Å². The van der Waals surface area contributed by atoms with E-state index < -0.39 is 0 Å². The first-order chi connectivity index (χ1) is 14.1. The van der Waals surface area contributed by atoms with E-state index in [0.717, 1.165) is 43.7 Å². The van der Waals surface area contributed by atoms with Gasteiger partial charge in [0.1, 0.15) is 6.33 Å². The fraction of sp³-hybridized carbons (Fsp3) is 0.333. The number of piperidine rings is 1. The van der Waals surface area contributed by atoms with Crippen LogP contribution in [-0.2, 0) is 6.54 Å². The SMILES string of the molecule is Cc1ccc(-c2cn(C(=O)N(C)C3CCN(Cc4ccccc4)CC3)cn2)cc1. The zero-order valence-corrected chi connectivity index (χ0v) is 17.2. The molecule has 2 aromatic carbocycles. The van der Waals surface area contributed by atoms with Crippen LogP contribution in [0.2, 0.25) is 0 Å². The van der Waals surface area contributed by atoms with Crippen molar-refractivity contribution in [3.63, 3.8) is 0 Å². The molecular formula is C24H28N4O. The van der Waals surface area contributed by atoms with Crippen LogP contribution >= 0.6 is 0 Å². The summed E-state index contributed by atoms with van der Waals surface area (Å²) in [6.45, 7) is 5.06. The van der Waals surface area contributed by atoms with E-state index in [2.05, 4.69) is 59.3 Å². The lowest BCUT2D eigenvalue weighted by Gasteiger charge is -2.36. The van der Waals surface area contributed by atoms with E-state index in [1.807, 2.05) is 30.3 Å². The first-order valence-corrected chi connectivity index (χ1v) is 10.2. The van der Waals surface area contributed by atoms with Gasteiger partial charge >= 0.3 is 6.03 Å². The van der Waals surface area contributed by atoms with Crippen molar-refractivity contribution in [2.45, 2.75) is 32.4 Å². The van der Waals surface area contributed by atoms with Crippen LogP contribution in [0.3, 0.4) is 0 Å². The number of aromatic nitrogens is 2. The maximum absolute atomic E-state index is 13.0. The van der Waals surface area contributed by atoms with Crippen LogP contribution in [0, 0.1) is 6.92 Å². The summed E-state index contributed by atoms with van der Waals surface area (Å²) in [5.74, 6) is 0. The Morgan fingerprint density at radius 2 is 1.76 bits per heavy atom. The van der Waals surface area contributed by atoms with Crippen LogP contribution < -0.4 is 0 Å². The monoisotopic (exact) mass is 388 g/mol. The summed E-state index contributed by atoms with van der Waals surface area (Å²) in [5.41, 5.74) is 4.41. The van der Waals surface area contributed by atoms with Crippen LogP contribution in [0.25, 0.3) is 11.3 Å². The number of benzene rings is 2. The predicted molar refractivity (Wildman–Crippen MR) is 116 cm³/mol. The Hall–Kier alpha value is -2.92. The number of likely N-dealkylation sites (tertiary alicyclic amines) is 1. The Balaban J connectivity index is 1.34. The number of amides is 1. The zero-order chi connectivity index (χ0) is 20.2. The molecule has 1 fully saturated rings. The van der Waals surface area contributed by atoms with E-state index in [4.69, 9.17) is 0 Å². The highest BCUT2D eigenvalue weighted by Gasteiger charge is 2.26. The maximum atomic E-state index is 13.0. The molecule has 3 aromatic rings. The number of aryl methyl sites for hydroxylation is 1. The molecule has 4 rings (SSSR count). The third-order valence-electron chi connectivity index (χ3n) is 5.81. The first-order valence-electron chi connectivity index (χ1n) is 10.2.